The van der Waals surface area contributed by atoms with E-state index in [4.69, 9.17) is 20.4 Å². The van der Waals surface area contributed by atoms with Crippen molar-refractivity contribution >= 4 is 33.8 Å². The van der Waals surface area contributed by atoms with Crippen molar-refractivity contribution in [3.63, 3.8) is 0 Å². The van der Waals surface area contributed by atoms with Crippen molar-refractivity contribution < 1.29 is 19.7 Å². The summed E-state index contributed by atoms with van der Waals surface area (Å²) < 4.78 is 7.20. The zero-order valence-corrected chi connectivity index (χ0v) is 21.5. The molecular formula is C23H35BrN6O4. The van der Waals surface area contributed by atoms with E-state index in [2.05, 4.69) is 65.2 Å². The molecule has 2 aromatic rings. The molecule has 5 N–H and O–H groups in total. The van der Waals surface area contributed by atoms with Crippen LogP contribution in [-0.4, -0.2) is 86.3 Å². The van der Waals surface area contributed by atoms with Crippen LogP contribution >= 0.6 is 15.9 Å². The van der Waals surface area contributed by atoms with Crippen molar-refractivity contribution in [2.24, 2.45) is 0 Å². The van der Waals surface area contributed by atoms with Gasteiger partial charge in [0.15, 0.2) is 0 Å². The van der Waals surface area contributed by atoms with Gasteiger partial charge in [-0.25, -0.2) is 5.10 Å². The summed E-state index contributed by atoms with van der Waals surface area (Å²) in [6, 6.07) is 9.24. The van der Waals surface area contributed by atoms with Gasteiger partial charge in [-0.05, 0) is 50.8 Å². The molecule has 0 saturated carbocycles. The Labute approximate surface area is 208 Å². The molecule has 3 heterocycles. The van der Waals surface area contributed by atoms with Gasteiger partial charge >= 0.3 is 0 Å². The number of aliphatic carboxylic acids is 1. The molecule has 188 valence electrons. The molecule has 1 aromatic heterocycles. The van der Waals surface area contributed by atoms with Crippen molar-refractivity contribution in [3.8, 4) is 0 Å². The topological polar surface area (TPSA) is 141 Å². The number of carboxylic acids is 1. The lowest BCUT2D eigenvalue weighted by Gasteiger charge is -2.48. The number of ether oxygens (including phenoxy) is 1. The summed E-state index contributed by atoms with van der Waals surface area (Å²) in [4.78, 5) is 18.0. The summed E-state index contributed by atoms with van der Waals surface area (Å²) in [5, 5.41) is 24.9. The number of benzene rings is 1. The molecule has 0 amide bonds. The van der Waals surface area contributed by atoms with Crippen LogP contribution in [0.4, 0.5) is 11.9 Å². The molecule has 0 radical (unpaired) electrons. The monoisotopic (exact) mass is 538 g/mol. The zero-order chi connectivity index (χ0) is 24.9. The van der Waals surface area contributed by atoms with E-state index in [9.17, 15) is 5.11 Å². The number of carboxylic acid groups (broad SMARTS) is 1. The maximum absolute atomic E-state index is 10.6. The highest BCUT2D eigenvalue weighted by Gasteiger charge is 2.40. The Morgan fingerprint density at radius 2 is 1.91 bits per heavy atom. The van der Waals surface area contributed by atoms with Crippen LogP contribution in [0.25, 0.3) is 0 Å². The van der Waals surface area contributed by atoms with Gasteiger partial charge in [-0.15, -0.1) is 5.10 Å². The van der Waals surface area contributed by atoms with Crippen LogP contribution in [0, 0.1) is 0 Å². The van der Waals surface area contributed by atoms with E-state index in [-0.39, 0.29) is 6.10 Å². The maximum Gasteiger partial charge on any atom is 0.300 e. The van der Waals surface area contributed by atoms with Crippen molar-refractivity contribution in [2.75, 3.05) is 36.9 Å². The highest BCUT2D eigenvalue weighted by molar-refractivity contribution is 9.10. The molecule has 11 heteroatoms. The van der Waals surface area contributed by atoms with Gasteiger partial charge in [-0.2, -0.15) is 4.98 Å². The van der Waals surface area contributed by atoms with E-state index in [1.165, 1.54) is 5.56 Å². The lowest BCUT2D eigenvalue weighted by molar-refractivity contribution is -0.154. The third-order valence-corrected chi connectivity index (χ3v) is 6.74. The van der Waals surface area contributed by atoms with Crippen LogP contribution in [0.1, 0.15) is 39.2 Å². The minimum Gasteiger partial charge on any atom is -0.481 e. The number of aromatic nitrogens is 3. The smallest absolute Gasteiger partial charge is 0.300 e. The summed E-state index contributed by atoms with van der Waals surface area (Å²) in [7, 11) is 0. The molecule has 2 aliphatic heterocycles. The number of aromatic amines is 1. The number of anilines is 2. The Hall–Kier alpha value is -2.21. The second kappa shape index (κ2) is 11.5. The van der Waals surface area contributed by atoms with Gasteiger partial charge in [0.25, 0.3) is 5.97 Å². The van der Waals surface area contributed by atoms with Gasteiger partial charge in [0.05, 0.1) is 18.3 Å². The number of aliphatic hydroxyl groups is 1. The molecule has 0 unspecified atom stereocenters. The molecule has 2 aliphatic rings. The molecule has 34 heavy (non-hydrogen) atoms. The van der Waals surface area contributed by atoms with Crippen molar-refractivity contribution in [2.45, 2.75) is 63.8 Å². The molecule has 2 saturated heterocycles. The molecule has 1 aromatic carbocycles. The number of halogens is 1. The van der Waals surface area contributed by atoms with Gasteiger partial charge in [0.2, 0.25) is 11.9 Å². The number of morpholine rings is 1. The Balaban J connectivity index is 0.000000751. The fourth-order valence-corrected chi connectivity index (χ4v) is 4.73. The van der Waals surface area contributed by atoms with Gasteiger partial charge < -0.3 is 25.6 Å². The second-order valence-corrected chi connectivity index (χ2v) is 10.3. The molecule has 10 nitrogen and oxygen atoms in total. The summed E-state index contributed by atoms with van der Waals surface area (Å²) >= 11 is 3.51. The summed E-state index contributed by atoms with van der Waals surface area (Å²) in [5.74, 6) is 0.191. The number of hydrogen-bond acceptors (Lipinski definition) is 8. The standard InChI is InChI=1S/C21H31BrN6O2.C2H4O2/c1-21(2,29)18-12-28(17(13-30-18)11-14-3-5-15(22)6-4-14)16-7-9-27(10-8-16)20-24-19(23)25-26-20;1-2(3)4/h3-6,16-18,29H,7-13H2,1-2H3,(H3,23,24,25,26);1H3,(H,3,4)/t17-,18+;/m0./s1. The van der Waals surface area contributed by atoms with E-state index in [0.717, 1.165) is 50.3 Å². The predicted molar refractivity (Wildman–Crippen MR) is 134 cm³/mol. The third-order valence-electron chi connectivity index (χ3n) is 6.22. The van der Waals surface area contributed by atoms with Crippen LogP contribution in [0.15, 0.2) is 28.7 Å². The summed E-state index contributed by atoms with van der Waals surface area (Å²) in [6.45, 7) is 7.89. The van der Waals surface area contributed by atoms with E-state index < -0.39 is 11.6 Å². The number of nitrogens with one attached hydrogen (secondary N) is 1. The minimum atomic E-state index is -0.863. The number of rotatable bonds is 5. The Bertz CT molecular complexity index is 920. The van der Waals surface area contributed by atoms with Crippen molar-refractivity contribution in [1.82, 2.24) is 20.1 Å². The first-order chi connectivity index (χ1) is 16.0. The van der Waals surface area contributed by atoms with Crippen LogP contribution in [0.3, 0.4) is 0 Å². The number of nitrogen functional groups attached to an aromatic ring is 1. The Kier molecular flexibility index (Phi) is 8.91. The first kappa shape index (κ1) is 26.4. The average molecular weight is 539 g/mol. The second-order valence-electron chi connectivity index (χ2n) is 9.41. The number of hydrogen-bond donors (Lipinski definition) is 4. The first-order valence-corrected chi connectivity index (χ1v) is 12.3. The molecule has 2 fully saturated rings. The van der Waals surface area contributed by atoms with Gasteiger partial charge in [0, 0.05) is 43.1 Å². The summed E-state index contributed by atoms with van der Waals surface area (Å²) in [6.07, 6.45) is 2.78. The van der Waals surface area contributed by atoms with E-state index >= 15 is 0 Å². The quantitative estimate of drug-likeness (QED) is 0.451. The van der Waals surface area contributed by atoms with Crippen LogP contribution in [-0.2, 0) is 16.0 Å². The van der Waals surface area contributed by atoms with Crippen LogP contribution in [0.2, 0.25) is 0 Å². The molecule has 0 spiro atoms. The Morgan fingerprint density at radius 3 is 2.44 bits per heavy atom. The molecule has 2 atom stereocenters. The Morgan fingerprint density at radius 1 is 1.29 bits per heavy atom. The molecular weight excluding hydrogens is 504 g/mol. The minimum absolute atomic E-state index is 0.190. The lowest BCUT2D eigenvalue weighted by atomic mass is 9.92. The van der Waals surface area contributed by atoms with Crippen LogP contribution in [0.5, 0.6) is 0 Å². The fourth-order valence-electron chi connectivity index (χ4n) is 4.46. The van der Waals surface area contributed by atoms with E-state index in [1.54, 1.807) is 0 Å². The van der Waals surface area contributed by atoms with Crippen molar-refractivity contribution in [3.05, 3.63) is 34.3 Å². The SMILES string of the molecule is CC(=O)O.CC(C)(O)[C@H]1CN(C2CCN(c3n[nH]c(N)n3)CC2)[C@@H](Cc2ccc(Br)cc2)CO1. The first-order valence-electron chi connectivity index (χ1n) is 11.5. The summed E-state index contributed by atoms with van der Waals surface area (Å²) in [5.41, 5.74) is 6.12. The number of carbonyl (C=O) groups is 1. The van der Waals surface area contributed by atoms with Crippen LogP contribution < -0.4 is 10.6 Å². The van der Waals surface area contributed by atoms with Gasteiger partial charge in [0.1, 0.15) is 0 Å². The number of nitrogens with two attached hydrogens (primary N) is 1. The maximum atomic E-state index is 10.6. The third kappa shape index (κ3) is 7.39. The van der Waals surface area contributed by atoms with E-state index in [0.29, 0.717) is 30.6 Å². The number of H-pyrrole nitrogens is 1. The van der Waals surface area contributed by atoms with Crippen molar-refractivity contribution in [1.29, 1.82) is 0 Å². The normalized spacial score (nSPS) is 22.2. The van der Waals surface area contributed by atoms with Gasteiger partial charge in [-0.1, -0.05) is 28.1 Å². The number of piperidine rings is 1. The van der Waals surface area contributed by atoms with Gasteiger partial charge in [-0.3, -0.25) is 9.69 Å². The molecule has 4 rings (SSSR count). The predicted octanol–water partition coefficient (Wildman–Crippen LogP) is 2.29. The molecule has 0 bridgehead atoms. The van der Waals surface area contributed by atoms with E-state index in [1.807, 2.05) is 13.8 Å². The fraction of sp³-hybridized carbons (Fsp3) is 0.609. The highest BCUT2D eigenvalue weighted by atomic mass is 79.9. The highest BCUT2D eigenvalue weighted by Crippen LogP contribution is 2.29. The average Bonchev–Trinajstić information content (AvgIpc) is 3.21. The largest absolute Gasteiger partial charge is 0.481 e. The zero-order valence-electron chi connectivity index (χ0n) is 19.9. The number of nitrogens with zero attached hydrogens (tertiary/aromatic N) is 4. The lowest BCUT2D eigenvalue weighted by Crippen LogP contribution is -2.61. The molecule has 0 aliphatic carbocycles.